The summed E-state index contributed by atoms with van der Waals surface area (Å²) >= 11 is 10.2. The maximum absolute atomic E-state index is 6.69. The van der Waals surface area contributed by atoms with Gasteiger partial charge in [-0.1, -0.05) is 53.2 Å². The monoisotopic (exact) mass is 362 g/mol. The molecule has 0 aliphatic heterocycles. The number of hydrogen-bond acceptors (Lipinski definition) is 1. The molecule has 0 bridgehead atoms. The summed E-state index contributed by atoms with van der Waals surface area (Å²) in [4.78, 5) is 4.77. The Hall–Kier alpha value is -1.32. The molecule has 108 valence electrons. The molecule has 0 saturated heterocycles. The topological polar surface area (TPSA) is 17.8 Å². The molecular weight excluding hydrogens is 348 g/mol. The molecule has 0 aliphatic carbocycles. The van der Waals surface area contributed by atoms with Crippen molar-refractivity contribution in [2.24, 2.45) is 0 Å². The zero-order valence-corrected chi connectivity index (χ0v) is 14.1. The molecule has 1 unspecified atom stereocenters. The predicted molar refractivity (Wildman–Crippen MR) is 91.9 cm³/mol. The quantitative estimate of drug-likeness (QED) is 0.557. The van der Waals surface area contributed by atoms with Crippen LogP contribution in [0, 0.1) is 0 Å². The van der Waals surface area contributed by atoms with Gasteiger partial charge in [-0.25, -0.2) is 4.98 Å². The van der Waals surface area contributed by atoms with Crippen molar-refractivity contribution in [2.75, 3.05) is 0 Å². The minimum absolute atomic E-state index is 0.232. The van der Waals surface area contributed by atoms with Crippen LogP contribution in [-0.4, -0.2) is 9.55 Å². The van der Waals surface area contributed by atoms with E-state index in [1.165, 1.54) is 0 Å². The summed E-state index contributed by atoms with van der Waals surface area (Å²) in [6.45, 7) is 3.09. The maximum atomic E-state index is 6.69. The lowest BCUT2D eigenvalue weighted by Crippen LogP contribution is -2.06. The molecule has 1 aromatic heterocycles. The second-order valence-corrected chi connectivity index (χ2v) is 6.38. The van der Waals surface area contributed by atoms with E-state index in [-0.39, 0.29) is 5.38 Å². The number of halogens is 2. The van der Waals surface area contributed by atoms with Gasteiger partial charge in [0.05, 0.1) is 11.0 Å². The van der Waals surface area contributed by atoms with E-state index in [4.69, 9.17) is 16.6 Å². The fraction of sp³-hybridized carbons (Fsp3) is 0.235. The highest BCUT2D eigenvalue weighted by Crippen LogP contribution is 2.31. The predicted octanol–water partition coefficient (Wildman–Crippen LogP) is 5.54. The molecule has 3 aromatic rings. The van der Waals surface area contributed by atoms with Crippen molar-refractivity contribution in [3.8, 4) is 0 Å². The van der Waals surface area contributed by atoms with Gasteiger partial charge in [0.25, 0.3) is 0 Å². The summed E-state index contributed by atoms with van der Waals surface area (Å²) in [5.41, 5.74) is 3.19. The second-order valence-electron chi connectivity index (χ2n) is 5.03. The van der Waals surface area contributed by atoms with Gasteiger partial charge in [0, 0.05) is 11.0 Å². The molecule has 0 N–H and O–H groups in total. The van der Waals surface area contributed by atoms with Crippen LogP contribution in [0.3, 0.4) is 0 Å². The van der Waals surface area contributed by atoms with Crippen molar-refractivity contribution >= 4 is 38.6 Å². The molecule has 0 aliphatic rings. The van der Waals surface area contributed by atoms with E-state index in [0.29, 0.717) is 0 Å². The summed E-state index contributed by atoms with van der Waals surface area (Å²) in [5.74, 6) is 0.915. The first-order valence-corrected chi connectivity index (χ1v) is 8.28. The van der Waals surface area contributed by atoms with E-state index in [1.807, 2.05) is 42.5 Å². The van der Waals surface area contributed by atoms with Crippen LogP contribution in [0.4, 0.5) is 0 Å². The first-order chi connectivity index (χ1) is 10.2. The molecule has 0 spiro atoms. The maximum Gasteiger partial charge on any atom is 0.132 e. The Morgan fingerprint density at radius 2 is 1.95 bits per heavy atom. The van der Waals surface area contributed by atoms with Crippen molar-refractivity contribution in [1.82, 2.24) is 9.55 Å². The molecule has 4 heteroatoms. The number of alkyl halides is 1. The van der Waals surface area contributed by atoms with Gasteiger partial charge in [0.15, 0.2) is 0 Å². The number of fused-ring (bicyclic) bond motifs is 1. The van der Waals surface area contributed by atoms with Crippen LogP contribution in [0.2, 0.25) is 0 Å². The first kappa shape index (κ1) is 14.6. The summed E-state index contributed by atoms with van der Waals surface area (Å²) < 4.78 is 3.26. The molecule has 0 fully saturated rings. The summed E-state index contributed by atoms with van der Waals surface area (Å²) in [7, 11) is 0. The second kappa shape index (κ2) is 6.20. The van der Waals surface area contributed by atoms with Crippen LogP contribution >= 0.6 is 27.5 Å². The van der Waals surface area contributed by atoms with Crippen LogP contribution in [0.15, 0.2) is 53.0 Å². The van der Waals surface area contributed by atoms with Gasteiger partial charge in [-0.3, -0.25) is 0 Å². The van der Waals surface area contributed by atoms with E-state index in [2.05, 4.69) is 33.5 Å². The van der Waals surface area contributed by atoms with Crippen LogP contribution in [0.1, 0.15) is 30.1 Å². The van der Waals surface area contributed by atoms with E-state index in [9.17, 15) is 0 Å². The summed E-state index contributed by atoms with van der Waals surface area (Å²) in [5, 5.41) is -0.232. The Morgan fingerprint density at radius 1 is 1.19 bits per heavy atom. The molecule has 3 rings (SSSR count). The molecule has 0 radical (unpaired) electrons. The Balaban J connectivity index is 2.14. The average molecular weight is 364 g/mol. The molecule has 1 heterocycles. The van der Waals surface area contributed by atoms with E-state index >= 15 is 0 Å². The molecular formula is C17H16BrClN2. The van der Waals surface area contributed by atoms with Crippen LogP contribution in [0.25, 0.3) is 11.0 Å². The lowest BCUT2D eigenvalue weighted by Gasteiger charge is -2.13. The first-order valence-electron chi connectivity index (χ1n) is 7.05. The smallest absolute Gasteiger partial charge is 0.132 e. The summed E-state index contributed by atoms with van der Waals surface area (Å²) in [6.07, 6.45) is 1.05. The van der Waals surface area contributed by atoms with E-state index < -0.39 is 0 Å². The van der Waals surface area contributed by atoms with Gasteiger partial charge < -0.3 is 4.57 Å². The highest BCUT2D eigenvalue weighted by Gasteiger charge is 2.19. The van der Waals surface area contributed by atoms with E-state index in [0.717, 1.165) is 39.9 Å². The lowest BCUT2D eigenvalue weighted by atomic mass is 10.1. The van der Waals surface area contributed by atoms with E-state index in [1.54, 1.807) is 0 Å². The van der Waals surface area contributed by atoms with Crippen molar-refractivity contribution < 1.29 is 0 Å². The average Bonchev–Trinajstić information content (AvgIpc) is 2.85. The third-order valence-corrected chi connectivity index (χ3v) is 4.45. The standard InChI is InChI=1S/C17H16BrClN2/c1-2-10-21-15-9-8-13(18)11-14(15)20-17(21)16(19)12-6-4-3-5-7-12/h3-9,11,16H,2,10H2,1H3. The highest BCUT2D eigenvalue weighted by molar-refractivity contribution is 9.10. The fourth-order valence-electron chi connectivity index (χ4n) is 2.54. The van der Waals surface area contributed by atoms with Crippen molar-refractivity contribution in [2.45, 2.75) is 25.3 Å². The van der Waals surface area contributed by atoms with Gasteiger partial charge >= 0.3 is 0 Å². The van der Waals surface area contributed by atoms with Crippen molar-refractivity contribution in [3.05, 3.63) is 64.4 Å². The largest absolute Gasteiger partial charge is 0.326 e. The Kier molecular flexibility index (Phi) is 4.32. The molecule has 1 atom stereocenters. The van der Waals surface area contributed by atoms with Gasteiger partial charge in [-0.2, -0.15) is 0 Å². The van der Waals surface area contributed by atoms with Gasteiger partial charge in [0.2, 0.25) is 0 Å². The van der Waals surface area contributed by atoms with Crippen molar-refractivity contribution in [1.29, 1.82) is 0 Å². The summed E-state index contributed by atoms with van der Waals surface area (Å²) in [6, 6.07) is 16.3. The van der Waals surface area contributed by atoms with Crippen LogP contribution in [-0.2, 0) is 6.54 Å². The molecule has 21 heavy (non-hydrogen) atoms. The lowest BCUT2D eigenvalue weighted by molar-refractivity contribution is 0.660. The SMILES string of the molecule is CCCn1c(C(Cl)c2ccccc2)nc2cc(Br)ccc21. The Bertz CT molecular complexity index is 752. The molecule has 2 aromatic carbocycles. The zero-order valence-electron chi connectivity index (χ0n) is 11.8. The fourth-order valence-corrected chi connectivity index (χ4v) is 3.21. The van der Waals surface area contributed by atoms with Gasteiger partial charge in [0.1, 0.15) is 11.2 Å². The number of nitrogens with zero attached hydrogens (tertiary/aromatic N) is 2. The molecule has 0 saturated carbocycles. The minimum Gasteiger partial charge on any atom is -0.326 e. The minimum atomic E-state index is -0.232. The number of benzene rings is 2. The van der Waals surface area contributed by atoms with Crippen LogP contribution < -0.4 is 0 Å². The number of aryl methyl sites for hydroxylation is 1. The Labute approximate surface area is 137 Å². The van der Waals surface area contributed by atoms with Crippen molar-refractivity contribution in [3.63, 3.8) is 0 Å². The molecule has 0 amide bonds. The highest BCUT2D eigenvalue weighted by atomic mass is 79.9. The number of rotatable bonds is 4. The Morgan fingerprint density at radius 3 is 2.67 bits per heavy atom. The molecule has 2 nitrogen and oxygen atoms in total. The van der Waals surface area contributed by atoms with Gasteiger partial charge in [-0.05, 0) is 30.2 Å². The number of imidazole rings is 1. The normalized spacial score (nSPS) is 12.7. The zero-order chi connectivity index (χ0) is 14.8. The van der Waals surface area contributed by atoms with Gasteiger partial charge in [-0.15, -0.1) is 11.6 Å². The third-order valence-electron chi connectivity index (χ3n) is 3.51. The number of aromatic nitrogens is 2. The number of hydrogen-bond donors (Lipinski definition) is 0. The van der Waals surface area contributed by atoms with Crippen LogP contribution in [0.5, 0.6) is 0 Å². The third kappa shape index (κ3) is 2.85.